The molecule has 1 amide bonds. The molecule has 0 saturated heterocycles. The van der Waals surface area contributed by atoms with Gasteiger partial charge in [-0.3, -0.25) is 9.59 Å². The van der Waals surface area contributed by atoms with E-state index < -0.39 is 18.4 Å². The van der Waals surface area contributed by atoms with Crippen molar-refractivity contribution in [3.8, 4) is 16.9 Å². The highest BCUT2D eigenvalue weighted by Gasteiger charge is 2.18. The minimum absolute atomic E-state index is 0.218. The quantitative estimate of drug-likeness (QED) is 0.802. The number of carbonyl (C=O) groups is 2. The van der Waals surface area contributed by atoms with Crippen molar-refractivity contribution >= 4 is 23.5 Å². The third-order valence-corrected chi connectivity index (χ3v) is 3.29. The Balaban J connectivity index is 2.37. The molecule has 2 rings (SSSR count). The topological polar surface area (TPSA) is 99.5 Å². The molecule has 0 saturated carbocycles. The SMILES string of the molecule is Cc1c(-c2cccc(Cl)c2)cnc(C(=O)NCC(=O)O)c1O. The van der Waals surface area contributed by atoms with Gasteiger partial charge in [0.1, 0.15) is 12.3 Å². The van der Waals surface area contributed by atoms with Crippen LogP contribution in [0.25, 0.3) is 11.1 Å². The first-order valence-electron chi connectivity index (χ1n) is 6.34. The molecule has 0 spiro atoms. The Morgan fingerprint density at radius 2 is 2.09 bits per heavy atom. The van der Waals surface area contributed by atoms with E-state index in [1.165, 1.54) is 6.20 Å². The van der Waals surface area contributed by atoms with Gasteiger partial charge in [0.25, 0.3) is 5.91 Å². The summed E-state index contributed by atoms with van der Waals surface area (Å²) in [5.74, 6) is -2.22. The lowest BCUT2D eigenvalue weighted by Gasteiger charge is -2.11. The number of aliphatic carboxylic acids is 1. The number of amides is 1. The lowest BCUT2D eigenvalue weighted by molar-refractivity contribution is -0.135. The van der Waals surface area contributed by atoms with Crippen molar-refractivity contribution < 1.29 is 19.8 Å². The molecule has 1 aromatic carbocycles. The lowest BCUT2D eigenvalue weighted by atomic mass is 10.0. The second-order valence-electron chi connectivity index (χ2n) is 4.58. The monoisotopic (exact) mass is 320 g/mol. The van der Waals surface area contributed by atoms with Gasteiger partial charge in [-0.25, -0.2) is 4.98 Å². The summed E-state index contributed by atoms with van der Waals surface area (Å²) >= 11 is 5.94. The molecule has 1 heterocycles. The number of rotatable bonds is 4. The highest BCUT2D eigenvalue weighted by molar-refractivity contribution is 6.30. The van der Waals surface area contributed by atoms with E-state index in [4.69, 9.17) is 16.7 Å². The summed E-state index contributed by atoms with van der Waals surface area (Å²) in [5, 5.41) is 21.4. The Morgan fingerprint density at radius 3 is 2.73 bits per heavy atom. The molecule has 0 unspecified atom stereocenters. The number of hydrogen-bond acceptors (Lipinski definition) is 4. The van der Waals surface area contributed by atoms with E-state index in [9.17, 15) is 14.7 Å². The molecule has 1 aromatic heterocycles. The third kappa shape index (κ3) is 3.35. The third-order valence-electron chi connectivity index (χ3n) is 3.06. The minimum Gasteiger partial charge on any atom is -0.505 e. The van der Waals surface area contributed by atoms with Gasteiger partial charge in [-0.1, -0.05) is 23.7 Å². The van der Waals surface area contributed by atoms with Crippen LogP contribution in [-0.4, -0.2) is 33.6 Å². The van der Waals surface area contributed by atoms with Gasteiger partial charge in [0.15, 0.2) is 5.69 Å². The number of benzene rings is 1. The van der Waals surface area contributed by atoms with Gasteiger partial charge in [0, 0.05) is 22.3 Å². The molecule has 0 atom stereocenters. The Hall–Kier alpha value is -2.60. The largest absolute Gasteiger partial charge is 0.505 e. The van der Waals surface area contributed by atoms with Crippen molar-refractivity contribution in [1.29, 1.82) is 0 Å². The van der Waals surface area contributed by atoms with Crippen molar-refractivity contribution in [2.45, 2.75) is 6.92 Å². The van der Waals surface area contributed by atoms with Crippen LogP contribution >= 0.6 is 11.6 Å². The number of pyridine rings is 1. The molecule has 0 fully saturated rings. The van der Waals surface area contributed by atoms with Gasteiger partial charge in [-0.05, 0) is 24.6 Å². The van der Waals surface area contributed by atoms with Crippen molar-refractivity contribution in [3.63, 3.8) is 0 Å². The predicted molar refractivity (Wildman–Crippen MR) is 81.1 cm³/mol. The summed E-state index contributed by atoms with van der Waals surface area (Å²) < 4.78 is 0. The van der Waals surface area contributed by atoms with Crippen LogP contribution < -0.4 is 5.32 Å². The van der Waals surface area contributed by atoms with Crippen molar-refractivity contribution in [2.24, 2.45) is 0 Å². The second kappa shape index (κ2) is 6.44. The minimum atomic E-state index is -1.18. The van der Waals surface area contributed by atoms with E-state index in [2.05, 4.69) is 10.3 Å². The molecule has 0 radical (unpaired) electrons. The first-order chi connectivity index (χ1) is 10.4. The van der Waals surface area contributed by atoms with Gasteiger partial charge in [0.05, 0.1) is 0 Å². The maximum absolute atomic E-state index is 11.8. The van der Waals surface area contributed by atoms with Gasteiger partial charge in [-0.15, -0.1) is 0 Å². The fourth-order valence-electron chi connectivity index (χ4n) is 1.95. The molecule has 6 nitrogen and oxygen atoms in total. The van der Waals surface area contributed by atoms with Gasteiger partial charge >= 0.3 is 5.97 Å². The normalized spacial score (nSPS) is 10.3. The number of nitrogens with zero attached hydrogens (tertiary/aromatic N) is 1. The van der Waals surface area contributed by atoms with Crippen LogP contribution in [0.4, 0.5) is 0 Å². The Bertz CT molecular complexity index is 746. The van der Waals surface area contributed by atoms with Crippen LogP contribution in [0, 0.1) is 6.92 Å². The summed E-state index contributed by atoms with van der Waals surface area (Å²) in [6.45, 7) is 1.09. The number of halogens is 1. The molecule has 7 heteroatoms. The lowest BCUT2D eigenvalue weighted by Crippen LogP contribution is -2.30. The number of carboxylic acid groups (broad SMARTS) is 1. The Kier molecular flexibility index (Phi) is 4.62. The smallest absolute Gasteiger partial charge is 0.322 e. The van der Waals surface area contributed by atoms with Crippen LogP contribution in [0.5, 0.6) is 5.75 Å². The standard InChI is InChI=1S/C15H13ClN2O4/c1-8-11(9-3-2-4-10(16)5-9)6-17-13(14(8)21)15(22)18-7-12(19)20/h2-6,21H,7H2,1H3,(H,18,22)(H,19,20). The summed E-state index contributed by atoms with van der Waals surface area (Å²) in [7, 11) is 0. The zero-order valence-corrected chi connectivity index (χ0v) is 12.4. The number of carbonyl (C=O) groups excluding carboxylic acids is 1. The number of aromatic nitrogens is 1. The van der Waals surface area contributed by atoms with Crippen LogP contribution in [0.1, 0.15) is 16.1 Å². The van der Waals surface area contributed by atoms with E-state index >= 15 is 0 Å². The highest BCUT2D eigenvalue weighted by Crippen LogP contribution is 2.31. The summed E-state index contributed by atoms with van der Waals surface area (Å²) in [5.41, 5.74) is 1.63. The number of aromatic hydroxyl groups is 1. The van der Waals surface area contributed by atoms with E-state index in [0.717, 1.165) is 5.56 Å². The first-order valence-corrected chi connectivity index (χ1v) is 6.72. The maximum atomic E-state index is 11.8. The fraction of sp³-hybridized carbons (Fsp3) is 0.133. The van der Waals surface area contributed by atoms with Crippen molar-refractivity contribution in [1.82, 2.24) is 10.3 Å². The number of hydrogen-bond donors (Lipinski definition) is 3. The van der Waals surface area contributed by atoms with Crippen molar-refractivity contribution in [3.05, 3.63) is 46.7 Å². The summed E-state index contributed by atoms with van der Waals surface area (Å²) in [6.07, 6.45) is 1.44. The Morgan fingerprint density at radius 1 is 1.36 bits per heavy atom. The van der Waals surface area contributed by atoms with Crippen molar-refractivity contribution in [2.75, 3.05) is 6.54 Å². The first kappa shape index (κ1) is 15.8. The number of nitrogens with one attached hydrogen (secondary N) is 1. The number of carboxylic acids is 1. The average Bonchev–Trinajstić information content (AvgIpc) is 2.47. The maximum Gasteiger partial charge on any atom is 0.322 e. The molecular weight excluding hydrogens is 308 g/mol. The Labute approximate surface area is 131 Å². The van der Waals surface area contributed by atoms with Crippen LogP contribution in [0.3, 0.4) is 0 Å². The van der Waals surface area contributed by atoms with Crippen LogP contribution in [-0.2, 0) is 4.79 Å². The van der Waals surface area contributed by atoms with E-state index in [1.54, 1.807) is 31.2 Å². The summed E-state index contributed by atoms with van der Waals surface area (Å²) in [4.78, 5) is 26.2. The average molecular weight is 321 g/mol. The summed E-state index contributed by atoms with van der Waals surface area (Å²) in [6, 6.07) is 7.01. The van der Waals surface area contributed by atoms with Crippen LogP contribution in [0.2, 0.25) is 5.02 Å². The van der Waals surface area contributed by atoms with Gasteiger partial charge in [-0.2, -0.15) is 0 Å². The van der Waals surface area contributed by atoms with E-state index in [1.807, 2.05) is 0 Å². The molecule has 0 aliphatic rings. The van der Waals surface area contributed by atoms with E-state index in [-0.39, 0.29) is 11.4 Å². The highest BCUT2D eigenvalue weighted by atomic mass is 35.5. The molecule has 0 bridgehead atoms. The van der Waals surface area contributed by atoms with Gasteiger partial charge in [0.2, 0.25) is 0 Å². The van der Waals surface area contributed by atoms with E-state index in [0.29, 0.717) is 16.1 Å². The van der Waals surface area contributed by atoms with Gasteiger partial charge < -0.3 is 15.5 Å². The molecule has 0 aliphatic heterocycles. The zero-order chi connectivity index (χ0) is 16.3. The van der Waals surface area contributed by atoms with Crippen LogP contribution in [0.15, 0.2) is 30.5 Å². The molecule has 2 aromatic rings. The fourth-order valence-corrected chi connectivity index (χ4v) is 2.14. The zero-order valence-electron chi connectivity index (χ0n) is 11.6. The molecule has 114 valence electrons. The second-order valence-corrected chi connectivity index (χ2v) is 5.02. The molecule has 0 aliphatic carbocycles. The molecule has 3 N–H and O–H groups in total. The predicted octanol–water partition coefficient (Wildman–Crippen LogP) is 2.23. The molecular formula is C15H13ClN2O4. The molecule has 22 heavy (non-hydrogen) atoms.